The lowest BCUT2D eigenvalue weighted by Gasteiger charge is -2.34. The van der Waals surface area contributed by atoms with E-state index in [9.17, 15) is 9.59 Å². The number of benzene rings is 2. The summed E-state index contributed by atoms with van der Waals surface area (Å²) in [7, 11) is 1.59. The first kappa shape index (κ1) is 23.4. The Morgan fingerprint density at radius 2 is 1.70 bits per heavy atom. The monoisotopic (exact) mass is 513 g/mol. The van der Waals surface area contributed by atoms with Crippen LogP contribution in [-0.4, -0.2) is 32.0 Å². The van der Waals surface area contributed by atoms with Crippen molar-refractivity contribution in [3.63, 3.8) is 0 Å². The number of nitrogens with one attached hydrogen (secondary N) is 1. The molecule has 0 spiro atoms. The highest BCUT2D eigenvalue weighted by Gasteiger charge is 2.38. The van der Waals surface area contributed by atoms with Gasteiger partial charge in [-0.2, -0.15) is 0 Å². The molecule has 0 radical (unpaired) electrons. The predicted molar refractivity (Wildman–Crippen MR) is 129 cm³/mol. The van der Waals surface area contributed by atoms with Crippen LogP contribution in [0, 0.1) is 0 Å². The summed E-state index contributed by atoms with van der Waals surface area (Å²) < 4.78 is 17.5. The molecule has 7 heteroatoms. The molecule has 2 unspecified atom stereocenters. The first-order valence-electron chi connectivity index (χ1n) is 11.2. The molecule has 0 saturated carbocycles. The van der Waals surface area contributed by atoms with Crippen molar-refractivity contribution in [3.8, 4) is 17.2 Å². The smallest absolute Gasteiger partial charge is 0.225 e. The fourth-order valence-corrected chi connectivity index (χ4v) is 5.36. The molecule has 174 valence electrons. The second-order valence-corrected chi connectivity index (χ2v) is 9.05. The zero-order chi connectivity index (χ0) is 23.5. The van der Waals surface area contributed by atoms with Crippen LogP contribution in [0.2, 0.25) is 0 Å². The van der Waals surface area contributed by atoms with Crippen molar-refractivity contribution in [2.75, 3.05) is 20.3 Å². The third-order valence-corrected chi connectivity index (χ3v) is 6.73. The standard InChI is InChI=1S/C26H28BrNO5/c1-4-32-18-8-6-15(7-9-18)16-11-21-25(22(29)12-16)19(14-24(30)28-21)17-10-20(27)26(31-3)23(13-17)33-5-2/h6-10,13,16,19H,4-5,11-12,14H2,1-3H3,(H,28,30). The molecule has 2 aromatic rings. The van der Waals surface area contributed by atoms with E-state index >= 15 is 0 Å². The van der Waals surface area contributed by atoms with Gasteiger partial charge in [0.25, 0.3) is 0 Å². The molecular weight excluding hydrogens is 486 g/mol. The lowest BCUT2D eigenvalue weighted by atomic mass is 9.73. The quantitative estimate of drug-likeness (QED) is 0.546. The summed E-state index contributed by atoms with van der Waals surface area (Å²) in [5.74, 6) is 1.70. The van der Waals surface area contributed by atoms with Gasteiger partial charge in [-0.15, -0.1) is 0 Å². The molecule has 1 aliphatic carbocycles. The third kappa shape index (κ3) is 4.78. The Balaban J connectivity index is 1.68. The van der Waals surface area contributed by atoms with Crippen LogP contribution in [0.1, 0.15) is 56.1 Å². The number of halogens is 1. The van der Waals surface area contributed by atoms with Crippen LogP contribution in [0.5, 0.6) is 17.2 Å². The van der Waals surface area contributed by atoms with Crippen LogP contribution in [0.15, 0.2) is 52.1 Å². The third-order valence-electron chi connectivity index (χ3n) is 6.14. The number of ether oxygens (including phenoxy) is 3. The van der Waals surface area contributed by atoms with E-state index in [1.54, 1.807) is 7.11 Å². The molecule has 0 fully saturated rings. The van der Waals surface area contributed by atoms with Gasteiger partial charge in [-0.05, 0) is 77.5 Å². The van der Waals surface area contributed by atoms with Crippen molar-refractivity contribution in [1.29, 1.82) is 0 Å². The molecule has 33 heavy (non-hydrogen) atoms. The summed E-state index contributed by atoms with van der Waals surface area (Å²) in [5.41, 5.74) is 3.37. The zero-order valence-corrected chi connectivity index (χ0v) is 20.7. The number of carbonyl (C=O) groups excluding carboxylic acids is 2. The Labute approximate surface area is 202 Å². The van der Waals surface area contributed by atoms with Gasteiger partial charge in [0, 0.05) is 30.0 Å². The van der Waals surface area contributed by atoms with Crippen LogP contribution in [-0.2, 0) is 9.59 Å². The summed E-state index contributed by atoms with van der Waals surface area (Å²) in [4.78, 5) is 26.0. The van der Waals surface area contributed by atoms with Crippen molar-refractivity contribution in [3.05, 3.63) is 63.3 Å². The minimum Gasteiger partial charge on any atom is -0.494 e. The number of rotatable bonds is 7. The van der Waals surface area contributed by atoms with Crippen molar-refractivity contribution < 1.29 is 23.8 Å². The molecule has 0 saturated heterocycles. The van der Waals surface area contributed by atoms with Gasteiger partial charge >= 0.3 is 0 Å². The minimum atomic E-state index is -0.316. The van der Waals surface area contributed by atoms with Crippen LogP contribution < -0.4 is 19.5 Å². The van der Waals surface area contributed by atoms with Gasteiger partial charge in [0.05, 0.1) is 24.8 Å². The Morgan fingerprint density at radius 3 is 2.36 bits per heavy atom. The van der Waals surface area contributed by atoms with E-state index < -0.39 is 0 Å². The molecule has 6 nitrogen and oxygen atoms in total. The molecule has 2 atom stereocenters. The molecule has 1 N–H and O–H groups in total. The maximum absolute atomic E-state index is 13.4. The summed E-state index contributed by atoms with van der Waals surface area (Å²) >= 11 is 3.55. The lowest BCUT2D eigenvalue weighted by molar-refractivity contribution is -0.122. The van der Waals surface area contributed by atoms with E-state index in [4.69, 9.17) is 14.2 Å². The van der Waals surface area contributed by atoms with E-state index in [1.807, 2.05) is 50.2 Å². The summed E-state index contributed by atoms with van der Waals surface area (Å²) in [6, 6.07) is 11.7. The fraction of sp³-hybridized carbons (Fsp3) is 0.385. The van der Waals surface area contributed by atoms with Crippen molar-refractivity contribution in [2.24, 2.45) is 0 Å². The Kier molecular flexibility index (Phi) is 7.08. The molecule has 1 amide bonds. The van der Waals surface area contributed by atoms with Crippen LogP contribution in [0.3, 0.4) is 0 Å². The molecule has 0 aromatic heterocycles. The first-order chi connectivity index (χ1) is 15.9. The molecule has 2 aliphatic rings. The van der Waals surface area contributed by atoms with Crippen molar-refractivity contribution in [2.45, 2.75) is 44.9 Å². The highest BCUT2D eigenvalue weighted by Crippen LogP contribution is 2.46. The van der Waals surface area contributed by atoms with Gasteiger partial charge in [-0.25, -0.2) is 0 Å². The van der Waals surface area contributed by atoms with E-state index in [2.05, 4.69) is 21.2 Å². The topological polar surface area (TPSA) is 73.9 Å². The van der Waals surface area contributed by atoms with E-state index in [1.165, 1.54) is 0 Å². The average molecular weight is 514 g/mol. The van der Waals surface area contributed by atoms with Crippen LogP contribution >= 0.6 is 15.9 Å². The highest BCUT2D eigenvalue weighted by atomic mass is 79.9. The second kappa shape index (κ2) is 10.00. The lowest BCUT2D eigenvalue weighted by Crippen LogP contribution is -2.38. The molecule has 1 heterocycles. The maximum Gasteiger partial charge on any atom is 0.225 e. The Hall–Kier alpha value is -2.80. The normalized spacial score (nSPS) is 20.2. The Morgan fingerprint density at radius 1 is 0.970 bits per heavy atom. The number of methoxy groups -OCH3 is 1. The number of allylic oxidation sites excluding steroid dienone is 2. The molecule has 4 rings (SSSR count). The predicted octanol–water partition coefficient (Wildman–Crippen LogP) is 5.26. The Bertz CT molecular complexity index is 1090. The summed E-state index contributed by atoms with van der Waals surface area (Å²) in [6.45, 7) is 4.94. The number of carbonyl (C=O) groups is 2. The number of Topliss-reactive ketones (excluding diaryl/α,β-unsaturated/α-hetero) is 1. The summed E-state index contributed by atoms with van der Waals surface area (Å²) in [6.07, 6.45) is 1.25. The van der Waals surface area contributed by atoms with Crippen LogP contribution in [0.4, 0.5) is 0 Å². The number of hydrogen-bond acceptors (Lipinski definition) is 5. The number of amides is 1. The van der Waals surface area contributed by atoms with Gasteiger partial charge in [0.15, 0.2) is 17.3 Å². The fourth-order valence-electron chi connectivity index (χ4n) is 4.73. The van der Waals surface area contributed by atoms with Gasteiger partial charge in [-0.1, -0.05) is 12.1 Å². The average Bonchev–Trinajstić information content (AvgIpc) is 2.79. The minimum absolute atomic E-state index is 0.0209. The number of ketones is 1. The SMILES string of the molecule is CCOc1ccc(C2CC(=O)C3=C(C2)NC(=O)CC3c2cc(Br)c(OC)c(OCC)c2)cc1. The van der Waals surface area contributed by atoms with Gasteiger partial charge in [-0.3, -0.25) is 9.59 Å². The molecule has 0 bridgehead atoms. The van der Waals surface area contributed by atoms with E-state index in [0.29, 0.717) is 43.1 Å². The molecule has 2 aromatic carbocycles. The second-order valence-electron chi connectivity index (χ2n) is 8.19. The van der Waals surface area contributed by atoms with Crippen molar-refractivity contribution >= 4 is 27.6 Å². The maximum atomic E-state index is 13.4. The zero-order valence-electron chi connectivity index (χ0n) is 19.1. The summed E-state index contributed by atoms with van der Waals surface area (Å²) in [5, 5.41) is 2.98. The highest BCUT2D eigenvalue weighted by molar-refractivity contribution is 9.10. The van der Waals surface area contributed by atoms with Gasteiger partial charge in [0.1, 0.15) is 5.75 Å². The van der Waals surface area contributed by atoms with Crippen LogP contribution in [0.25, 0.3) is 0 Å². The first-order valence-corrected chi connectivity index (χ1v) is 12.0. The van der Waals surface area contributed by atoms with E-state index in [0.717, 1.165) is 27.0 Å². The van der Waals surface area contributed by atoms with Gasteiger partial charge < -0.3 is 19.5 Å². The van der Waals surface area contributed by atoms with E-state index in [-0.39, 0.29) is 29.9 Å². The number of hydrogen-bond donors (Lipinski definition) is 1. The molecular formula is C26H28BrNO5. The largest absolute Gasteiger partial charge is 0.494 e. The van der Waals surface area contributed by atoms with Crippen molar-refractivity contribution in [1.82, 2.24) is 5.32 Å². The van der Waals surface area contributed by atoms with Gasteiger partial charge in [0.2, 0.25) is 5.91 Å². The molecule has 1 aliphatic heterocycles.